The zero-order valence-corrected chi connectivity index (χ0v) is 16.8. The maximum atomic E-state index is 14.2. The summed E-state index contributed by atoms with van der Waals surface area (Å²) in [5.74, 6) is -1.78. The van der Waals surface area contributed by atoms with Gasteiger partial charge in [-0.25, -0.2) is 22.9 Å². The Balaban J connectivity index is 1.20. The van der Waals surface area contributed by atoms with Crippen LogP contribution in [-0.4, -0.2) is 23.7 Å². The van der Waals surface area contributed by atoms with Gasteiger partial charge in [0.2, 0.25) is 0 Å². The van der Waals surface area contributed by atoms with Crippen LogP contribution >= 0.6 is 0 Å². The molecule has 5 rings (SSSR count). The van der Waals surface area contributed by atoms with E-state index in [0.29, 0.717) is 5.75 Å². The summed E-state index contributed by atoms with van der Waals surface area (Å²) in [6, 6.07) is 9.70. The fourth-order valence-electron chi connectivity index (χ4n) is 3.96. The van der Waals surface area contributed by atoms with Crippen molar-refractivity contribution >= 4 is 11.8 Å². The lowest BCUT2D eigenvalue weighted by atomic mass is 10.0. The number of amides is 2. The van der Waals surface area contributed by atoms with Gasteiger partial charge in [0.05, 0.1) is 18.4 Å². The average Bonchev–Trinajstić information content (AvgIpc) is 3.50. The fraction of sp³-hybridized carbons (Fsp3) is 0.174. The minimum Gasteiger partial charge on any atom is -0.490 e. The summed E-state index contributed by atoms with van der Waals surface area (Å²) >= 11 is 0. The number of aromatic nitrogens is 1. The molecule has 0 radical (unpaired) electrons. The summed E-state index contributed by atoms with van der Waals surface area (Å²) < 4.78 is 52.6. The molecule has 3 unspecified atom stereocenters. The van der Waals surface area contributed by atoms with Gasteiger partial charge in [0.25, 0.3) is 0 Å². The van der Waals surface area contributed by atoms with Gasteiger partial charge >= 0.3 is 6.03 Å². The van der Waals surface area contributed by atoms with Gasteiger partial charge in [0.1, 0.15) is 35.0 Å². The van der Waals surface area contributed by atoms with Crippen LogP contribution in [0, 0.1) is 34.7 Å². The van der Waals surface area contributed by atoms with E-state index in [-0.39, 0.29) is 46.9 Å². The molecule has 1 saturated carbocycles. The third-order valence-corrected chi connectivity index (χ3v) is 5.59. The van der Waals surface area contributed by atoms with Crippen molar-refractivity contribution in [2.24, 2.45) is 5.92 Å². The van der Waals surface area contributed by atoms with Gasteiger partial charge in [-0.2, -0.15) is 5.26 Å². The zero-order valence-electron chi connectivity index (χ0n) is 16.8. The quantitative estimate of drug-likeness (QED) is 0.610. The van der Waals surface area contributed by atoms with E-state index in [1.165, 1.54) is 30.5 Å². The minimum absolute atomic E-state index is 0.0931. The summed E-state index contributed by atoms with van der Waals surface area (Å²) in [4.78, 5) is 16.4. The van der Waals surface area contributed by atoms with Crippen LogP contribution in [-0.2, 0) is 0 Å². The number of pyridine rings is 1. The number of ether oxygens (including phenoxy) is 2. The van der Waals surface area contributed by atoms with Gasteiger partial charge in [0.15, 0.2) is 11.6 Å². The first-order chi connectivity index (χ1) is 15.9. The van der Waals surface area contributed by atoms with Crippen LogP contribution in [0.1, 0.15) is 17.0 Å². The van der Waals surface area contributed by atoms with E-state index in [9.17, 15) is 18.0 Å². The largest absolute Gasteiger partial charge is 0.490 e. The Kier molecular flexibility index (Phi) is 5.01. The molecule has 0 bridgehead atoms. The predicted molar refractivity (Wildman–Crippen MR) is 109 cm³/mol. The molecule has 3 atom stereocenters. The molecule has 2 aromatic carbocycles. The van der Waals surface area contributed by atoms with Crippen molar-refractivity contribution in [3.63, 3.8) is 0 Å². The number of nitrogens with one attached hydrogen (secondary N) is 2. The lowest BCUT2D eigenvalue weighted by Crippen LogP contribution is -2.32. The number of hydrogen-bond donors (Lipinski definition) is 2. The van der Waals surface area contributed by atoms with Crippen molar-refractivity contribution in [1.29, 1.82) is 5.26 Å². The lowest BCUT2D eigenvalue weighted by Gasteiger charge is -2.16. The molecule has 3 aromatic rings. The number of carbonyl (C=O) groups is 1. The Morgan fingerprint density at radius 1 is 1.09 bits per heavy atom. The molecular weight excluding hydrogens is 437 g/mol. The van der Waals surface area contributed by atoms with Gasteiger partial charge in [-0.1, -0.05) is 0 Å². The first-order valence-corrected chi connectivity index (χ1v) is 9.96. The summed E-state index contributed by atoms with van der Waals surface area (Å²) in [6.07, 6.45) is 1.34. The van der Waals surface area contributed by atoms with E-state index in [1.807, 2.05) is 0 Å². The second kappa shape index (κ2) is 8.02. The third kappa shape index (κ3) is 3.89. The molecule has 33 heavy (non-hydrogen) atoms. The highest BCUT2D eigenvalue weighted by atomic mass is 19.1. The number of benzene rings is 2. The maximum Gasteiger partial charge on any atom is 0.320 e. The molecular formula is C23H15F3N4O3. The molecule has 10 heteroatoms. The second-order valence-electron chi connectivity index (χ2n) is 7.63. The standard InChI is InChI=1S/C23H15F3N4O3/c24-15-4-5-16(25)22-20(15)19-14(10-32-22)21(19)30-23(31)29-18-6-3-13(9-28-18)33-12-2-1-11(8-27)17(26)7-12/h1-7,9,14,19,21H,10H2,(H2,28,29,30,31). The van der Waals surface area contributed by atoms with Gasteiger partial charge in [-0.15, -0.1) is 0 Å². The van der Waals surface area contributed by atoms with Crippen LogP contribution < -0.4 is 20.1 Å². The van der Waals surface area contributed by atoms with Gasteiger partial charge in [-0.3, -0.25) is 5.32 Å². The highest BCUT2D eigenvalue weighted by molar-refractivity contribution is 5.89. The van der Waals surface area contributed by atoms with Crippen molar-refractivity contribution in [2.75, 3.05) is 11.9 Å². The molecule has 166 valence electrons. The van der Waals surface area contributed by atoms with Gasteiger partial charge < -0.3 is 14.8 Å². The van der Waals surface area contributed by atoms with E-state index >= 15 is 0 Å². The number of rotatable bonds is 4. The second-order valence-corrected chi connectivity index (χ2v) is 7.63. The predicted octanol–water partition coefficient (Wildman–Crippen LogP) is 4.46. The van der Waals surface area contributed by atoms with Crippen LogP contribution in [0.2, 0.25) is 0 Å². The van der Waals surface area contributed by atoms with Gasteiger partial charge in [-0.05, 0) is 36.4 Å². The van der Waals surface area contributed by atoms with E-state index in [1.54, 1.807) is 6.07 Å². The van der Waals surface area contributed by atoms with Crippen LogP contribution in [0.4, 0.5) is 23.8 Å². The fourth-order valence-corrected chi connectivity index (χ4v) is 3.96. The average molecular weight is 452 g/mol. The minimum atomic E-state index is -0.700. The summed E-state index contributed by atoms with van der Waals surface area (Å²) in [5.41, 5.74) is 0.0554. The number of halogens is 3. The molecule has 1 aromatic heterocycles. The molecule has 0 spiro atoms. The Morgan fingerprint density at radius 3 is 2.61 bits per heavy atom. The normalized spacial score (nSPS) is 19.9. The van der Waals surface area contributed by atoms with Crippen molar-refractivity contribution < 1.29 is 27.4 Å². The highest BCUT2D eigenvalue weighted by Gasteiger charge is 2.57. The monoisotopic (exact) mass is 452 g/mol. The van der Waals surface area contributed by atoms with Gasteiger partial charge in [0, 0.05) is 29.5 Å². The number of anilines is 1. The Morgan fingerprint density at radius 2 is 1.88 bits per heavy atom. The van der Waals surface area contributed by atoms with Crippen LogP contribution in [0.3, 0.4) is 0 Å². The molecule has 2 amide bonds. The van der Waals surface area contributed by atoms with Crippen LogP contribution in [0.25, 0.3) is 0 Å². The number of carbonyl (C=O) groups excluding carboxylic acids is 1. The third-order valence-electron chi connectivity index (χ3n) is 5.59. The smallest absolute Gasteiger partial charge is 0.320 e. The topological polar surface area (TPSA) is 96.3 Å². The van der Waals surface area contributed by atoms with E-state index in [2.05, 4.69) is 15.6 Å². The number of nitrogens with zero attached hydrogens (tertiary/aromatic N) is 2. The SMILES string of the molecule is N#Cc1ccc(Oc2ccc(NC(=O)NC3C4COc5c(F)ccc(F)c5C43)nc2)cc1F. The molecule has 1 aliphatic carbocycles. The van der Waals surface area contributed by atoms with Crippen molar-refractivity contribution in [3.8, 4) is 23.3 Å². The summed E-state index contributed by atoms with van der Waals surface area (Å²) in [7, 11) is 0. The highest BCUT2D eigenvalue weighted by Crippen LogP contribution is 2.55. The number of fused-ring (bicyclic) bond motifs is 3. The summed E-state index contributed by atoms with van der Waals surface area (Å²) in [5, 5.41) is 14.1. The van der Waals surface area contributed by atoms with E-state index in [4.69, 9.17) is 14.7 Å². The number of hydrogen-bond acceptors (Lipinski definition) is 5. The van der Waals surface area contributed by atoms with Crippen molar-refractivity contribution in [1.82, 2.24) is 10.3 Å². The molecule has 1 fully saturated rings. The molecule has 2 N–H and O–H groups in total. The van der Waals surface area contributed by atoms with Crippen molar-refractivity contribution in [2.45, 2.75) is 12.0 Å². The Bertz CT molecular complexity index is 1290. The number of nitriles is 1. The number of urea groups is 1. The molecule has 2 aliphatic rings. The Hall–Kier alpha value is -4.26. The first-order valence-electron chi connectivity index (χ1n) is 9.96. The molecule has 2 heterocycles. The Labute approximate surface area is 185 Å². The first kappa shape index (κ1) is 20.6. The molecule has 1 aliphatic heterocycles. The lowest BCUT2D eigenvalue weighted by molar-refractivity contribution is 0.247. The molecule has 0 saturated heterocycles. The summed E-state index contributed by atoms with van der Waals surface area (Å²) in [6.45, 7) is 0.184. The molecule has 7 nitrogen and oxygen atoms in total. The maximum absolute atomic E-state index is 14.2. The van der Waals surface area contributed by atoms with E-state index < -0.39 is 29.5 Å². The van der Waals surface area contributed by atoms with Crippen LogP contribution in [0.15, 0.2) is 48.7 Å². The zero-order chi connectivity index (χ0) is 23.1. The van der Waals surface area contributed by atoms with Crippen molar-refractivity contribution in [3.05, 3.63) is 77.2 Å². The van der Waals surface area contributed by atoms with E-state index in [0.717, 1.165) is 18.2 Å². The van der Waals surface area contributed by atoms with Crippen LogP contribution in [0.5, 0.6) is 17.2 Å².